The molecule has 186 valence electrons. The molecule has 1 heterocycles. The minimum absolute atomic E-state index is 0.0443. The summed E-state index contributed by atoms with van der Waals surface area (Å²) >= 11 is 0. The summed E-state index contributed by atoms with van der Waals surface area (Å²) in [4.78, 5) is 53.2. The van der Waals surface area contributed by atoms with Crippen molar-refractivity contribution in [3.8, 4) is 0 Å². The van der Waals surface area contributed by atoms with Gasteiger partial charge in [0.25, 0.3) is 5.91 Å². The van der Waals surface area contributed by atoms with Crippen LogP contribution in [0.5, 0.6) is 0 Å². The van der Waals surface area contributed by atoms with E-state index in [0.29, 0.717) is 16.8 Å². The van der Waals surface area contributed by atoms with Crippen molar-refractivity contribution >= 4 is 29.2 Å². The number of benzene rings is 2. The monoisotopic (exact) mass is 487 g/mol. The van der Waals surface area contributed by atoms with Crippen molar-refractivity contribution in [3.05, 3.63) is 89.9 Å². The molecular formula is C28H29N3O5. The van der Waals surface area contributed by atoms with Crippen LogP contribution < -0.4 is 15.5 Å². The first-order valence-electron chi connectivity index (χ1n) is 12.0. The Morgan fingerprint density at radius 3 is 2.39 bits per heavy atom. The van der Waals surface area contributed by atoms with Crippen LogP contribution in [0.4, 0.5) is 5.69 Å². The fourth-order valence-electron chi connectivity index (χ4n) is 4.45. The number of carbonyl (C=O) groups is 4. The number of hydrogen-bond acceptors (Lipinski definition) is 5. The molecule has 1 saturated carbocycles. The molecule has 1 fully saturated rings. The number of nitrogens with zero attached hydrogens (tertiary/aromatic N) is 1. The fraction of sp³-hybridized carbons (Fsp3) is 0.286. The molecule has 2 aromatic carbocycles. The molecule has 1 aliphatic carbocycles. The van der Waals surface area contributed by atoms with Gasteiger partial charge in [-0.3, -0.25) is 24.1 Å². The van der Waals surface area contributed by atoms with E-state index in [-0.39, 0.29) is 30.0 Å². The van der Waals surface area contributed by atoms with E-state index < -0.39 is 17.9 Å². The highest BCUT2D eigenvalue weighted by Gasteiger charge is 2.34. The van der Waals surface area contributed by atoms with Crippen molar-refractivity contribution in [1.29, 1.82) is 0 Å². The molecule has 0 unspecified atom stereocenters. The first kappa shape index (κ1) is 24.9. The Morgan fingerprint density at radius 2 is 1.72 bits per heavy atom. The van der Waals surface area contributed by atoms with Gasteiger partial charge in [0.1, 0.15) is 6.04 Å². The largest absolute Gasteiger partial charge is 0.459 e. The highest BCUT2D eigenvalue weighted by Crippen LogP contribution is 2.30. The molecule has 2 N–H and O–H groups in total. The highest BCUT2D eigenvalue weighted by molar-refractivity contribution is 6.05. The predicted molar refractivity (Wildman–Crippen MR) is 135 cm³/mol. The third-order valence-corrected chi connectivity index (χ3v) is 6.27. The number of rotatable bonds is 9. The van der Waals surface area contributed by atoms with Crippen LogP contribution in [0.3, 0.4) is 0 Å². The average Bonchev–Trinajstić information content (AvgIpc) is 3.61. The molecule has 1 aromatic heterocycles. The quantitative estimate of drug-likeness (QED) is 0.443. The SMILES string of the molecule is CC(=O)c1cccc(N(C(=O)CNC(=O)c2ccco2)[C@H](C(=O)NC2CCCC2)c2ccccc2)c1. The van der Waals surface area contributed by atoms with E-state index >= 15 is 0 Å². The number of carbonyl (C=O) groups excluding carboxylic acids is 4. The van der Waals surface area contributed by atoms with Crippen molar-refractivity contribution in [3.63, 3.8) is 0 Å². The third kappa shape index (κ3) is 5.89. The van der Waals surface area contributed by atoms with Gasteiger partial charge < -0.3 is 15.1 Å². The molecule has 1 aliphatic rings. The number of Topliss-reactive ketones (excluding diaryl/α,β-unsaturated/α-hetero) is 1. The summed E-state index contributed by atoms with van der Waals surface area (Å²) in [7, 11) is 0. The lowest BCUT2D eigenvalue weighted by Crippen LogP contribution is -2.49. The van der Waals surface area contributed by atoms with Gasteiger partial charge in [-0.05, 0) is 49.6 Å². The summed E-state index contributed by atoms with van der Waals surface area (Å²) in [6, 6.07) is 17.7. The van der Waals surface area contributed by atoms with Crippen LogP contribution in [0.25, 0.3) is 0 Å². The minimum Gasteiger partial charge on any atom is -0.459 e. The standard InChI is InChI=1S/C28H29N3O5/c1-19(32)21-11-7-14-23(17-21)31(25(33)18-29-27(34)24-15-8-16-36-24)26(20-9-3-2-4-10-20)28(35)30-22-12-5-6-13-22/h2-4,7-11,14-17,22,26H,5-6,12-13,18H2,1H3,(H,29,34)(H,30,35)/t26-/m0/s1. The molecule has 36 heavy (non-hydrogen) atoms. The Hall–Kier alpha value is -4.20. The van der Waals surface area contributed by atoms with Crippen LogP contribution in [-0.4, -0.2) is 36.1 Å². The zero-order valence-corrected chi connectivity index (χ0v) is 20.1. The maximum Gasteiger partial charge on any atom is 0.287 e. The Labute approximate surface area is 209 Å². The predicted octanol–water partition coefficient (Wildman–Crippen LogP) is 4.05. The van der Waals surface area contributed by atoms with E-state index in [1.165, 1.54) is 24.2 Å². The average molecular weight is 488 g/mol. The molecule has 1 atom stereocenters. The number of anilines is 1. The van der Waals surface area contributed by atoms with Gasteiger partial charge in [-0.2, -0.15) is 0 Å². The number of nitrogens with one attached hydrogen (secondary N) is 2. The van der Waals surface area contributed by atoms with Crippen molar-refractivity contribution in [2.24, 2.45) is 0 Å². The number of furan rings is 1. The Balaban J connectivity index is 1.70. The Morgan fingerprint density at radius 1 is 0.972 bits per heavy atom. The second kappa shape index (κ2) is 11.5. The Bertz CT molecular complexity index is 1220. The van der Waals surface area contributed by atoms with Gasteiger partial charge in [-0.1, -0.05) is 55.3 Å². The molecule has 0 saturated heterocycles. The first-order valence-corrected chi connectivity index (χ1v) is 12.0. The molecule has 3 amide bonds. The zero-order chi connectivity index (χ0) is 25.5. The third-order valence-electron chi connectivity index (χ3n) is 6.27. The van der Waals surface area contributed by atoms with E-state index in [1.54, 1.807) is 54.6 Å². The smallest absolute Gasteiger partial charge is 0.287 e. The first-order chi connectivity index (χ1) is 17.4. The summed E-state index contributed by atoms with van der Waals surface area (Å²) in [6.45, 7) is 1.07. The van der Waals surface area contributed by atoms with E-state index in [0.717, 1.165) is 25.7 Å². The van der Waals surface area contributed by atoms with Crippen LogP contribution in [0, 0.1) is 0 Å². The van der Waals surface area contributed by atoms with Gasteiger partial charge in [0, 0.05) is 17.3 Å². The molecule has 0 aliphatic heterocycles. The number of amides is 3. The summed E-state index contributed by atoms with van der Waals surface area (Å²) in [5, 5.41) is 5.67. The lowest BCUT2D eigenvalue weighted by molar-refractivity contribution is -0.126. The molecule has 3 aromatic rings. The van der Waals surface area contributed by atoms with Gasteiger partial charge >= 0.3 is 0 Å². The van der Waals surface area contributed by atoms with E-state index in [9.17, 15) is 19.2 Å². The van der Waals surface area contributed by atoms with Crippen LogP contribution in [0.2, 0.25) is 0 Å². The van der Waals surface area contributed by atoms with Crippen LogP contribution in [0.15, 0.2) is 77.4 Å². The second-order valence-corrected chi connectivity index (χ2v) is 8.83. The van der Waals surface area contributed by atoms with Crippen molar-refractivity contribution in [1.82, 2.24) is 10.6 Å². The second-order valence-electron chi connectivity index (χ2n) is 8.83. The van der Waals surface area contributed by atoms with Gasteiger partial charge in [-0.15, -0.1) is 0 Å². The van der Waals surface area contributed by atoms with E-state index in [4.69, 9.17) is 4.42 Å². The maximum absolute atomic E-state index is 13.7. The molecular weight excluding hydrogens is 458 g/mol. The highest BCUT2D eigenvalue weighted by atomic mass is 16.3. The molecule has 8 nitrogen and oxygen atoms in total. The van der Waals surface area contributed by atoms with Gasteiger partial charge in [0.2, 0.25) is 11.8 Å². The normalized spacial score (nSPS) is 14.1. The molecule has 0 bridgehead atoms. The van der Waals surface area contributed by atoms with Gasteiger partial charge in [-0.25, -0.2) is 0 Å². The summed E-state index contributed by atoms with van der Waals surface area (Å²) in [5.74, 6) is -1.45. The van der Waals surface area contributed by atoms with Gasteiger partial charge in [0.05, 0.1) is 12.8 Å². The number of ketones is 1. The molecule has 0 spiro atoms. The Kier molecular flexibility index (Phi) is 7.95. The van der Waals surface area contributed by atoms with Crippen molar-refractivity contribution in [2.75, 3.05) is 11.4 Å². The van der Waals surface area contributed by atoms with Crippen molar-refractivity contribution < 1.29 is 23.6 Å². The number of hydrogen-bond donors (Lipinski definition) is 2. The maximum atomic E-state index is 13.7. The lowest BCUT2D eigenvalue weighted by Gasteiger charge is -2.32. The molecule has 8 heteroatoms. The summed E-state index contributed by atoms with van der Waals surface area (Å²) < 4.78 is 5.11. The van der Waals surface area contributed by atoms with Crippen molar-refractivity contribution in [2.45, 2.75) is 44.7 Å². The minimum atomic E-state index is -0.998. The van der Waals surface area contributed by atoms with E-state index in [2.05, 4.69) is 10.6 Å². The lowest BCUT2D eigenvalue weighted by atomic mass is 10.0. The molecule has 0 radical (unpaired) electrons. The summed E-state index contributed by atoms with van der Waals surface area (Å²) in [5.41, 5.74) is 1.41. The zero-order valence-electron chi connectivity index (χ0n) is 20.1. The fourth-order valence-corrected chi connectivity index (χ4v) is 4.45. The van der Waals surface area contributed by atoms with Crippen LogP contribution in [-0.2, 0) is 9.59 Å². The van der Waals surface area contributed by atoms with Gasteiger partial charge in [0.15, 0.2) is 11.5 Å². The van der Waals surface area contributed by atoms with E-state index in [1.807, 2.05) is 6.07 Å². The molecule has 4 rings (SSSR count). The topological polar surface area (TPSA) is 109 Å². The van der Waals surface area contributed by atoms with Crippen LogP contribution >= 0.6 is 0 Å². The van der Waals surface area contributed by atoms with Crippen LogP contribution in [0.1, 0.15) is 65.1 Å². The summed E-state index contributed by atoms with van der Waals surface area (Å²) in [6.07, 6.45) is 5.24.